The van der Waals surface area contributed by atoms with Crippen LogP contribution in [0.2, 0.25) is 5.02 Å². The lowest BCUT2D eigenvalue weighted by Gasteiger charge is -2.32. The molecule has 0 spiro atoms. The molecule has 0 amide bonds. The number of nitrogens with zero attached hydrogens (tertiary/aromatic N) is 3. The van der Waals surface area contributed by atoms with Crippen LogP contribution in [0.15, 0.2) is 34.1 Å². The van der Waals surface area contributed by atoms with Gasteiger partial charge in [0.1, 0.15) is 4.21 Å². The molecule has 0 radical (unpaired) electrons. The van der Waals surface area contributed by atoms with Crippen LogP contribution in [0.25, 0.3) is 0 Å². The van der Waals surface area contributed by atoms with Crippen molar-refractivity contribution in [2.45, 2.75) is 23.6 Å². The fraction of sp³-hybridized carbons (Fsp3) is 0.533. The third kappa shape index (κ3) is 4.80. The quantitative estimate of drug-likeness (QED) is 0.790. The molecule has 1 aliphatic rings. The zero-order chi connectivity index (χ0) is 17.0. The number of piperidine rings is 1. The van der Waals surface area contributed by atoms with Gasteiger partial charge in [-0.3, -0.25) is 4.68 Å². The normalized spacial score (nSPS) is 19.6. The summed E-state index contributed by atoms with van der Waals surface area (Å²) in [6.07, 6.45) is 5.60. The van der Waals surface area contributed by atoms with Gasteiger partial charge in [-0.1, -0.05) is 17.7 Å². The van der Waals surface area contributed by atoms with Gasteiger partial charge >= 0.3 is 0 Å². The third-order valence-electron chi connectivity index (χ3n) is 4.17. The molecule has 1 N–H and O–H groups in total. The predicted molar refractivity (Wildman–Crippen MR) is 95.9 cm³/mol. The molecule has 1 unspecified atom stereocenters. The van der Waals surface area contributed by atoms with Gasteiger partial charge in [-0.2, -0.15) is 5.10 Å². The van der Waals surface area contributed by atoms with Crippen LogP contribution in [0.1, 0.15) is 12.8 Å². The maximum atomic E-state index is 12.2. The van der Waals surface area contributed by atoms with Crippen molar-refractivity contribution in [1.82, 2.24) is 19.4 Å². The minimum atomic E-state index is -3.37. The van der Waals surface area contributed by atoms with Gasteiger partial charge in [-0.15, -0.1) is 11.3 Å². The van der Waals surface area contributed by atoms with Crippen LogP contribution < -0.4 is 4.72 Å². The summed E-state index contributed by atoms with van der Waals surface area (Å²) < 4.78 is 29.4. The summed E-state index contributed by atoms with van der Waals surface area (Å²) in [6, 6.07) is 3.39. The number of rotatable bonds is 7. The summed E-state index contributed by atoms with van der Waals surface area (Å²) >= 11 is 7.11. The van der Waals surface area contributed by atoms with Crippen molar-refractivity contribution in [3.8, 4) is 0 Å². The molecule has 0 saturated carbocycles. The van der Waals surface area contributed by atoms with E-state index in [1.807, 2.05) is 10.9 Å². The Balaban J connectivity index is 1.47. The van der Waals surface area contributed by atoms with E-state index in [1.54, 1.807) is 23.7 Å². The molecule has 1 fully saturated rings. The highest BCUT2D eigenvalue weighted by atomic mass is 35.5. The van der Waals surface area contributed by atoms with E-state index in [4.69, 9.17) is 11.6 Å². The molecule has 1 aliphatic heterocycles. The van der Waals surface area contributed by atoms with Gasteiger partial charge in [0.15, 0.2) is 0 Å². The van der Waals surface area contributed by atoms with E-state index >= 15 is 0 Å². The molecule has 1 atom stereocenters. The number of thiophene rings is 1. The van der Waals surface area contributed by atoms with Crippen LogP contribution in [0.4, 0.5) is 0 Å². The molecule has 0 aromatic carbocycles. The Labute approximate surface area is 151 Å². The Hall–Kier alpha value is -0.930. The molecule has 3 rings (SSSR count). The molecule has 2 aromatic heterocycles. The number of hydrogen-bond acceptors (Lipinski definition) is 5. The second-order valence-corrected chi connectivity index (χ2v) is 9.39. The standard InChI is InChI=1S/C15H21ClN4O2S2/c16-14-10-17-20(12-14)7-6-19-5-1-3-13(11-19)9-18-24(21,22)15-4-2-8-23-15/h2,4,8,10,12-13,18H,1,3,5-7,9,11H2. The molecule has 3 heterocycles. The SMILES string of the molecule is O=S(=O)(NCC1CCCN(CCn2cc(Cl)cn2)C1)c1cccs1. The number of hydrogen-bond donors (Lipinski definition) is 1. The molecule has 6 nitrogen and oxygen atoms in total. The second kappa shape index (κ2) is 7.97. The van der Waals surface area contributed by atoms with Gasteiger partial charge in [-0.05, 0) is 36.8 Å². The molecule has 1 saturated heterocycles. The fourth-order valence-corrected chi connectivity index (χ4v) is 5.25. The van der Waals surface area contributed by atoms with Crippen molar-refractivity contribution in [3.05, 3.63) is 34.9 Å². The topological polar surface area (TPSA) is 67.2 Å². The van der Waals surface area contributed by atoms with Crippen LogP contribution >= 0.6 is 22.9 Å². The van der Waals surface area contributed by atoms with E-state index in [9.17, 15) is 8.42 Å². The summed E-state index contributed by atoms with van der Waals surface area (Å²) in [7, 11) is -3.37. The lowest BCUT2D eigenvalue weighted by atomic mass is 9.98. The van der Waals surface area contributed by atoms with E-state index in [0.717, 1.165) is 39.0 Å². The summed E-state index contributed by atoms with van der Waals surface area (Å²) in [4.78, 5) is 2.36. The van der Waals surface area contributed by atoms with Crippen LogP contribution in [-0.2, 0) is 16.6 Å². The zero-order valence-electron chi connectivity index (χ0n) is 13.3. The minimum Gasteiger partial charge on any atom is -0.301 e. The first-order valence-electron chi connectivity index (χ1n) is 7.96. The van der Waals surface area contributed by atoms with Crippen LogP contribution in [0.3, 0.4) is 0 Å². The average Bonchev–Trinajstić information content (AvgIpc) is 3.23. The number of nitrogens with one attached hydrogen (secondary N) is 1. The van der Waals surface area contributed by atoms with Crippen molar-refractivity contribution in [3.63, 3.8) is 0 Å². The summed E-state index contributed by atoms with van der Waals surface area (Å²) in [6.45, 7) is 4.13. The lowest BCUT2D eigenvalue weighted by molar-refractivity contribution is 0.169. The maximum absolute atomic E-state index is 12.2. The molecule has 0 bridgehead atoms. The molecule has 0 aliphatic carbocycles. The van der Waals surface area contributed by atoms with Crippen LogP contribution in [0.5, 0.6) is 0 Å². The molecule has 2 aromatic rings. The van der Waals surface area contributed by atoms with Gasteiger partial charge in [0.25, 0.3) is 0 Å². The van der Waals surface area contributed by atoms with Crippen molar-refractivity contribution in [2.75, 3.05) is 26.2 Å². The van der Waals surface area contributed by atoms with Gasteiger partial charge in [0.05, 0.1) is 17.8 Å². The Morgan fingerprint density at radius 1 is 1.42 bits per heavy atom. The van der Waals surface area contributed by atoms with Crippen LogP contribution in [-0.4, -0.2) is 49.3 Å². The van der Waals surface area contributed by atoms with Gasteiger partial charge in [-0.25, -0.2) is 13.1 Å². The van der Waals surface area contributed by atoms with E-state index in [2.05, 4.69) is 14.7 Å². The molecular weight excluding hydrogens is 368 g/mol. The smallest absolute Gasteiger partial charge is 0.250 e. The largest absolute Gasteiger partial charge is 0.301 e. The number of halogens is 1. The summed E-state index contributed by atoms with van der Waals surface area (Å²) in [5.74, 6) is 0.342. The van der Waals surface area contributed by atoms with Crippen molar-refractivity contribution in [2.24, 2.45) is 5.92 Å². The highest BCUT2D eigenvalue weighted by Crippen LogP contribution is 2.19. The molecule has 132 valence electrons. The average molecular weight is 389 g/mol. The Kier molecular flexibility index (Phi) is 5.93. The Morgan fingerprint density at radius 3 is 3.00 bits per heavy atom. The highest BCUT2D eigenvalue weighted by molar-refractivity contribution is 7.91. The minimum absolute atomic E-state index is 0.342. The Morgan fingerprint density at radius 2 is 2.29 bits per heavy atom. The van der Waals surface area contributed by atoms with Crippen molar-refractivity contribution < 1.29 is 8.42 Å². The van der Waals surface area contributed by atoms with E-state index < -0.39 is 10.0 Å². The van der Waals surface area contributed by atoms with Crippen molar-refractivity contribution >= 4 is 33.0 Å². The van der Waals surface area contributed by atoms with Gasteiger partial charge in [0.2, 0.25) is 10.0 Å². The number of likely N-dealkylation sites (tertiary alicyclic amines) is 1. The van der Waals surface area contributed by atoms with E-state index in [1.165, 1.54) is 11.3 Å². The van der Waals surface area contributed by atoms with Crippen molar-refractivity contribution in [1.29, 1.82) is 0 Å². The number of aromatic nitrogens is 2. The second-order valence-electron chi connectivity index (χ2n) is 6.01. The van der Waals surface area contributed by atoms with Gasteiger partial charge < -0.3 is 4.90 Å². The Bertz CT molecular complexity index is 745. The lowest BCUT2D eigenvalue weighted by Crippen LogP contribution is -2.42. The first-order valence-corrected chi connectivity index (χ1v) is 10.7. The van der Waals surface area contributed by atoms with Gasteiger partial charge in [0, 0.05) is 25.8 Å². The monoisotopic (exact) mass is 388 g/mol. The molecule has 24 heavy (non-hydrogen) atoms. The summed E-state index contributed by atoms with van der Waals surface area (Å²) in [5.41, 5.74) is 0. The number of sulfonamides is 1. The first-order chi connectivity index (χ1) is 11.5. The molecule has 9 heteroatoms. The summed E-state index contributed by atoms with van der Waals surface area (Å²) in [5, 5.41) is 6.61. The predicted octanol–water partition coefficient (Wildman–Crippen LogP) is 2.29. The molecular formula is C15H21ClN4O2S2. The third-order valence-corrected chi connectivity index (χ3v) is 7.19. The maximum Gasteiger partial charge on any atom is 0.250 e. The first kappa shape index (κ1) is 17.9. The fourth-order valence-electron chi connectivity index (χ4n) is 2.94. The van der Waals surface area contributed by atoms with E-state index in [0.29, 0.717) is 21.7 Å². The van der Waals surface area contributed by atoms with E-state index in [-0.39, 0.29) is 0 Å². The zero-order valence-corrected chi connectivity index (χ0v) is 15.7. The van der Waals surface area contributed by atoms with Crippen LogP contribution in [0, 0.1) is 5.92 Å². The highest BCUT2D eigenvalue weighted by Gasteiger charge is 2.22.